The van der Waals surface area contributed by atoms with Crippen LogP contribution in [0.2, 0.25) is 0 Å². The molecule has 116 valence electrons. The van der Waals surface area contributed by atoms with Gasteiger partial charge in [0.05, 0.1) is 5.38 Å². The summed E-state index contributed by atoms with van der Waals surface area (Å²) >= 11 is 1.48. The lowest BCUT2D eigenvalue weighted by Crippen LogP contribution is -2.38. The van der Waals surface area contributed by atoms with Crippen LogP contribution in [0.4, 0.5) is 5.13 Å². The molecule has 3 rings (SSSR count). The molecule has 0 N–H and O–H groups in total. The van der Waals surface area contributed by atoms with Crippen molar-refractivity contribution in [3.8, 4) is 11.9 Å². The zero-order chi connectivity index (χ0) is 15.4. The first-order valence-corrected chi connectivity index (χ1v) is 7.91. The first kappa shape index (κ1) is 14.7. The van der Waals surface area contributed by atoms with Crippen molar-refractivity contribution in [1.82, 2.24) is 15.0 Å². The number of nitrogens with zero attached hydrogens (tertiary/aromatic N) is 4. The topological polar surface area (TPSA) is 77.4 Å². The third kappa shape index (κ3) is 3.70. The van der Waals surface area contributed by atoms with Crippen molar-refractivity contribution >= 4 is 22.4 Å². The van der Waals surface area contributed by atoms with Crippen LogP contribution in [0.15, 0.2) is 23.8 Å². The number of thiazole rings is 1. The van der Waals surface area contributed by atoms with Crippen molar-refractivity contribution in [2.45, 2.75) is 25.9 Å². The Kier molecular flexibility index (Phi) is 4.47. The molecule has 1 fully saturated rings. The lowest BCUT2D eigenvalue weighted by Gasteiger charge is -2.31. The molecule has 1 saturated heterocycles. The maximum atomic E-state index is 10.9. The van der Waals surface area contributed by atoms with Crippen LogP contribution in [0.1, 0.15) is 19.8 Å². The quantitative estimate of drug-likeness (QED) is 0.796. The SMILES string of the molecule is CC(=O)Oc1csc(N2CCC(Oc3ncccn3)CC2)n1. The molecule has 0 atom stereocenters. The summed E-state index contributed by atoms with van der Waals surface area (Å²) in [5.41, 5.74) is 0. The van der Waals surface area contributed by atoms with Gasteiger partial charge in [0.2, 0.25) is 5.88 Å². The van der Waals surface area contributed by atoms with E-state index in [2.05, 4.69) is 19.9 Å². The Morgan fingerprint density at radius 1 is 1.32 bits per heavy atom. The summed E-state index contributed by atoms with van der Waals surface area (Å²) in [7, 11) is 0. The average Bonchev–Trinajstić information content (AvgIpc) is 2.97. The molecule has 0 unspecified atom stereocenters. The van der Waals surface area contributed by atoms with E-state index >= 15 is 0 Å². The minimum atomic E-state index is -0.355. The highest BCUT2D eigenvalue weighted by Gasteiger charge is 2.23. The van der Waals surface area contributed by atoms with Gasteiger partial charge in [-0.2, -0.15) is 4.98 Å². The molecule has 3 heterocycles. The Bertz CT molecular complexity index is 626. The second-order valence-electron chi connectivity index (χ2n) is 4.90. The van der Waals surface area contributed by atoms with Crippen LogP contribution in [-0.4, -0.2) is 40.1 Å². The van der Waals surface area contributed by atoms with Gasteiger partial charge >= 0.3 is 12.0 Å². The minimum Gasteiger partial charge on any atom is -0.460 e. The van der Waals surface area contributed by atoms with Gasteiger partial charge in [-0.1, -0.05) is 0 Å². The Labute approximate surface area is 131 Å². The molecule has 0 amide bonds. The van der Waals surface area contributed by atoms with Gasteiger partial charge in [-0.05, 0) is 6.07 Å². The smallest absolute Gasteiger partial charge is 0.316 e. The molecule has 1 aliphatic heterocycles. The third-order valence-electron chi connectivity index (χ3n) is 3.25. The van der Waals surface area contributed by atoms with Crippen LogP contribution in [0.25, 0.3) is 0 Å². The van der Waals surface area contributed by atoms with Crippen molar-refractivity contribution in [3.63, 3.8) is 0 Å². The number of carbonyl (C=O) groups is 1. The molecule has 22 heavy (non-hydrogen) atoms. The van der Waals surface area contributed by atoms with Gasteiger partial charge in [0, 0.05) is 45.2 Å². The number of carbonyl (C=O) groups excluding carboxylic acids is 1. The van der Waals surface area contributed by atoms with E-state index in [0.29, 0.717) is 11.9 Å². The van der Waals surface area contributed by atoms with E-state index < -0.39 is 0 Å². The number of hydrogen-bond acceptors (Lipinski definition) is 8. The zero-order valence-corrected chi connectivity index (χ0v) is 13.0. The molecular weight excluding hydrogens is 304 g/mol. The van der Waals surface area contributed by atoms with Gasteiger partial charge < -0.3 is 14.4 Å². The minimum absolute atomic E-state index is 0.117. The second kappa shape index (κ2) is 6.69. The van der Waals surface area contributed by atoms with Crippen molar-refractivity contribution in [1.29, 1.82) is 0 Å². The molecule has 0 radical (unpaired) electrons. The van der Waals surface area contributed by atoms with Crippen molar-refractivity contribution < 1.29 is 14.3 Å². The van der Waals surface area contributed by atoms with Crippen molar-refractivity contribution in [2.24, 2.45) is 0 Å². The lowest BCUT2D eigenvalue weighted by molar-refractivity contribution is -0.132. The lowest BCUT2D eigenvalue weighted by atomic mass is 10.1. The van der Waals surface area contributed by atoms with E-state index in [1.807, 2.05) is 0 Å². The maximum Gasteiger partial charge on any atom is 0.316 e. The van der Waals surface area contributed by atoms with Crippen LogP contribution in [-0.2, 0) is 4.79 Å². The fourth-order valence-electron chi connectivity index (χ4n) is 2.25. The number of anilines is 1. The summed E-state index contributed by atoms with van der Waals surface area (Å²) in [6, 6.07) is 2.19. The highest BCUT2D eigenvalue weighted by molar-refractivity contribution is 7.13. The monoisotopic (exact) mass is 320 g/mol. The fourth-order valence-corrected chi connectivity index (χ4v) is 3.03. The molecule has 1 aliphatic rings. The van der Waals surface area contributed by atoms with Gasteiger partial charge in [-0.3, -0.25) is 4.79 Å². The zero-order valence-electron chi connectivity index (χ0n) is 12.1. The molecule has 0 spiro atoms. The standard InChI is InChI=1S/C14H16N4O3S/c1-10(19)20-12-9-22-14(17-12)18-7-3-11(4-8-18)21-13-15-5-2-6-16-13/h2,5-6,9,11H,3-4,7-8H2,1H3. The number of aromatic nitrogens is 3. The highest BCUT2D eigenvalue weighted by Crippen LogP contribution is 2.28. The second-order valence-corrected chi connectivity index (χ2v) is 5.73. The summed E-state index contributed by atoms with van der Waals surface area (Å²) in [4.78, 5) is 25.6. The fraction of sp³-hybridized carbons (Fsp3) is 0.429. The predicted octanol–water partition coefficient (Wildman–Crippen LogP) is 1.91. The van der Waals surface area contributed by atoms with E-state index in [9.17, 15) is 4.79 Å². The number of ether oxygens (including phenoxy) is 2. The predicted molar refractivity (Wildman–Crippen MR) is 81.3 cm³/mol. The van der Waals surface area contributed by atoms with E-state index in [-0.39, 0.29) is 12.1 Å². The summed E-state index contributed by atoms with van der Waals surface area (Å²) in [6.07, 6.45) is 5.21. The van der Waals surface area contributed by atoms with Crippen LogP contribution in [0, 0.1) is 0 Å². The van der Waals surface area contributed by atoms with Gasteiger partial charge in [-0.15, -0.1) is 11.3 Å². The molecular formula is C14H16N4O3S. The number of rotatable bonds is 4. The molecule has 7 nitrogen and oxygen atoms in total. The maximum absolute atomic E-state index is 10.9. The molecule has 2 aromatic heterocycles. The molecule has 2 aromatic rings. The molecule has 8 heteroatoms. The van der Waals surface area contributed by atoms with Crippen LogP contribution in [0.5, 0.6) is 11.9 Å². The van der Waals surface area contributed by atoms with Crippen LogP contribution in [0.3, 0.4) is 0 Å². The number of hydrogen-bond donors (Lipinski definition) is 0. The normalized spacial score (nSPS) is 15.6. The Hall–Kier alpha value is -2.22. The highest BCUT2D eigenvalue weighted by atomic mass is 32.1. The number of piperidine rings is 1. The summed E-state index contributed by atoms with van der Waals surface area (Å²) in [5.74, 6) is 0.00961. The van der Waals surface area contributed by atoms with Crippen LogP contribution >= 0.6 is 11.3 Å². The van der Waals surface area contributed by atoms with Crippen LogP contribution < -0.4 is 14.4 Å². The van der Waals surface area contributed by atoms with E-state index in [1.54, 1.807) is 23.8 Å². The van der Waals surface area contributed by atoms with Gasteiger partial charge in [0.15, 0.2) is 5.13 Å². The Morgan fingerprint density at radius 3 is 2.73 bits per heavy atom. The van der Waals surface area contributed by atoms with E-state index in [1.165, 1.54) is 18.3 Å². The van der Waals surface area contributed by atoms with Crippen molar-refractivity contribution in [3.05, 3.63) is 23.8 Å². The third-order valence-corrected chi connectivity index (χ3v) is 4.13. The molecule has 0 saturated carbocycles. The largest absolute Gasteiger partial charge is 0.460 e. The Balaban J connectivity index is 1.53. The summed E-state index contributed by atoms with van der Waals surface area (Å²) in [6.45, 7) is 3.04. The number of esters is 1. The van der Waals surface area contributed by atoms with Gasteiger partial charge in [0.1, 0.15) is 6.10 Å². The van der Waals surface area contributed by atoms with E-state index in [0.717, 1.165) is 31.1 Å². The summed E-state index contributed by atoms with van der Waals surface area (Å²) in [5, 5.41) is 2.61. The molecule has 0 aliphatic carbocycles. The van der Waals surface area contributed by atoms with E-state index in [4.69, 9.17) is 9.47 Å². The van der Waals surface area contributed by atoms with Gasteiger partial charge in [-0.25, -0.2) is 9.97 Å². The first-order chi connectivity index (χ1) is 10.7. The first-order valence-electron chi connectivity index (χ1n) is 7.03. The summed E-state index contributed by atoms with van der Waals surface area (Å²) < 4.78 is 10.7. The average molecular weight is 320 g/mol. The van der Waals surface area contributed by atoms with Gasteiger partial charge in [0.25, 0.3) is 0 Å². The van der Waals surface area contributed by atoms with Crippen molar-refractivity contribution in [2.75, 3.05) is 18.0 Å². The Morgan fingerprint density at radius 2 is 2.05 bits per heavy atom. The molecule has 0 bridgehead atoms. The molecule has 0 aromatic carbocycles.